The summed E-state index contributed by atoms with van der Waals surface area (Å²) < 4.78 is 1.13. The van der Waals surface area contributed by atoms with Crippen molar-refractivity contribution in [2.24, 2.45) is 5.92 Å². The molecule has 1 atom stereocenters. The SMILES string of the molecule is O=C1CCCCCC1Cc1ccccc1Br. The molecular formula is C14H17BrO. The van der Waals surface area contributed by atoms with Gasteiger partial charge in [-0.3, -0.25) is 4.79 Å². The van der Waals surface area contributed by atoms with Gasteiger partial charge in [-0.25, -0.2) is 0 Å². The molecule has 0 heterocycles. The summed E-state index contributed by atoms with van der Waals surface area (Å²) in [5, 5.41) is 0. The fraction of sp³-hybridized carbons (Fsp3) is 0.500. The highest BCUT2D eigenvalue weighted by atomic mass is 79.9. The van der Waals surface area contributed by atoms with Gasteiger partial charge in [-0.2, -0.15) is 0 Å². The maximum absolute atomic E-state index is 11.9. The van der Waals surface area contributed by atoms with E-state index in [0.717, 1.165) is 30.2 Å². The molecule has 1 nitrogen and oxygen atoms in total. The van der Waals surface area contributed by atoms with Crippen molar-refractivity contribution in [3.05, 3.63) is 34.3 Å². The van der Waals surface area contributed by atoms with Crippen molar-refractivity contribution in [1.29, 1.82) is 0 Å². The van der Waals surface area contributed by atoms with Gasteiger partial charge in [0.1, 0.15) is 5.78 Å². The van der Waals surface area contributed by atoms with Crippen LogP contribution in [0.15, 0.2) is 28.7 Å². The molecule has 0 amide bonds. The van der Waals surface area contributed by atoms with Crippen molar-refractivity contribution in [1.82, 2.24) is 0 Å². The lowest BCUT2D eigenvalue weighted by Gasteiger charge is -2.13. The summed E-state index contributed by atoms with van der Waals surface area (Å²) in [6, 6.07) is 8.22. The van der Waals surface area contributed by atoms with Crippen molar-refractivity contribution in [2.75, 3.05) is 0 Å². The van der Waals surface area contributed by atoms with Gasteiger partial charge < -0.3 is 0 Å². The van der Waals surface area contributed by atoms with Crippen molar-refractivity contribution in [2.45, 2.75) is 38.5 Å². The Labute approximate surface area is 105 Å². The molecular weight excluding hydrogens is 264 g/mol. The first-order chi connectivity index (χ1) is 7.77. The summed E-state index contributed by atoms with van der Waals surface area (Å²) in [5.41, 5.74) is 1.27. The normalized spacial score (nSPS) is 21.8. The van der Waals surface area contributed by atoms with Crippen LogP contribution in [0.2, 0.25) is 0 Å². The Morgan fingerprint density at radius 2 is 2.00 bits per heavy atom. The van der Waals surface area contributed by atoms with E-state index in [4.69, 9.17) is 0 Å². The molecule has 16 heavy (non-hydrogen) atoms. The van der Waals surface area contributed by atoms with Crippen LogP contribution in [0.25, 0.3) is 0 Å². The lowest BCUT2D eigenvalue weighted by atomic mass is 9.91. The predicted molar refractivity (Wildman–Crippen MR) is 69.4 cm³/mol. The molecule has 86 valence electrons. The summed E-state index contributed by atoms with van der Waals surface area (Å²) in [6.45, 7) is 0. The molecule has 0 bridgehead atoms. The number of carbonyl (C=O) groups is 1. The van der Waals surface area contributed by atoms with E-state index in [-0.39, 0.29) is 5.92 Å². The van der Waals surface area contributed by atoms with Gasteiger partial charge in [0, 0.05) is 16.8 Å². The topological polar surface area (TPSA) is 17.1 Å². The molecule has 0 radical (unpaired) electrons. The third-order valence-corrected chi connectivity index (χ3v) is 4.13. The van der Waals surface area contributed by atoms with E-state index in [9.17, 15) is 4.79 Å². The molecule has 0 spiro atoms. The van der Waals surface area contributed by atoms with Gasteiger partial charge >= 0.3 is 0 Å². The third-order valence-electron chi connectivity index (χ3n) is 3.36. The first-order valence-corrected chi connectivity index (χ1v) is 6.83. The van der Waals surface area contributed by atoms with Gasteiger partial charge in [0.15, 0.2) is 0 Å². The highest BCUT2D eigenvalue weighted by Gasteiger charge is 2.21. The quantitative estimate of drug-likeness (QED) is 0.744. The van der Waals surface area contributed by atoms with E-state index in [1.54, 1.807) is 0 Å². The number of hydrogen-bond donors (Lipinski definition) is 0. The van der Waals surface area contributed by atoms with E-state index in [2.05, 4.69) is 28.1 Å². The second-order valence-corrected chi connectivity index (χ2v) is 5.41. The maximum atomic E-state index is 11.9. The maximum Gasteiger partial charge on any atom is 0.136 e. The number of rotatable bonds is 2. The Morgan fingerprint density at radius 1 is 1.19 bits per heavy atom. The van der Waals surface area contributed by atoms with Gasteiger partial charge in [0.25, 0.3) is 0 Å². The first kappa shape index (κ1) is 11.8. The van der Waals surface area contributed by atoms with Crippen LogP contribution < -0.4 is 0 Å². The number of hydrogen-bond acceptors (Lipinski definition) is 1. The number of Topliss-reactive ketones (excluding diaryl/α,β-unsaturated/α-hetero) is 1. The predicted octanol–water partition coefficient (Wildman–Crippen LogP) is 4.14. The van der Waals surface area contributed by atoms with E-state index in [0.29, 0.717) is 5.78 Å². The lowest BCUT2D eigenvalue weighted by Crippen LogP contribution is -2.15. The van der Waals surface area contributed by atoms with Crippen molar-refractivity contribution < 1.29 is 4.79 Å². The Balaban J connectivity index is 2.08. The number of carbonyl (C=O) groups excluding carboxylic acids is 1. The van der Waals surface area contributed by atoms with Gasteiger partial charge in [-0.15, -0.1) is 0 Å². The summed E-state index contributed by atoms with van der Waals surface area (Å²) in [4.78, 5) is 11.9. The summed E-state index contributed by atoms with van der Waals surface area (Å²) in [5.74, 6) is 0.717. The zero-order chi connectivity index (χ0) is 11.4. The van der Waals surface area contributed by atoms with E-state index < -0.39 is 0 Å². The minimum Gasteiger partial charge on any atom is -0.299 e. The Morgan fingerprint density at radius 3 is 2.81 bits per heavy atom. The highest BCUT2D eigenvalue weighted by Crippen LogP contribution is 2.26. The Hall–Kier alpha value is -0.630. The van der Waals surface area contributed by atoms with Crippen LogP contribution in [0.4, 0.5) is 0 Å². The lowest BCUT2D eigenvalue weighted by molar-refractivity contribution is -0.122. The van der Waals surface area contributed by atoms with Crippen molar-refractivity contribution in [3.8, 4) is 0 Å². The van der Waals surface area contributed by atoms with Crippen LogP contribution in [0, 0.1) is 5.92 Å². The molecule has 2 rings (SSSR count). The van der Waals surface area contributed by atoms with Crippen LogP contribution >= 0.6 is 15.9 Å². The van der Waals surface area contributed by atoms with Gasteiger partial charge in [0.05, 0.1) is 0 Å². The van der Waals surface area contributed by atoms with Crippen LogP contribution in [-0.4, -0.2) is 5.78 Å². The van der Waals surface area contributed by atoms with Gasteiger partial charge in [-0.1, -0.05) is 47.0 Å². The van der Waals surface area contributed by atoms with Crippen LogP contribution in [0.3, 0.4) is 0 Å². The fourth-order valence-corrected chi connectivity index (χ4v) is 2.82. The van der Waals surface area contributed by atoms with E-state index in [1.165, 1.54) is 18.4 Å². The van der Waals surface area contributed by atoms with E-state index in [1.807, 2.05) is 12.1 Å². The molecule has 1 saturated carbocycles. The number of benzene rings is 1. The molecule has 0 saturated heterocycles. The van der Waals surface area contributed by atoms with Crippen molar-refractivity contribution >= 4 is 21.7 Å². The summed E-state index contributed by atoms with van der Waals surface area (Å²) in [7, 11) is 0. The monoisotopic (exact) mass is 280 g/mol. The summed E-state index contributed by atoms with van der Waals surface area (Å²) in [6.07, 6.45) is 6.28. The smallest absolute Gasteiger partial charge is 0.136 e. The average molecular weight is 281 g/mol. The molecule has 0 aromatic heterocycles. The van der Waals surface area contributed by atoms with Crippen LogP contribution in [0.1, 0.15) is 37.7 Å². The van der Waals surface area contributed by atoms with Crippen molar-refractivity contribution in [3.63, 3.8) is 0 Å². The highest BCUT2D eigenvalue weighted by molar-refractivity contribution is 9.10. The Kier molecular flexibility index (Phi) is 4.16. The number of halogens is 1. The molecule has 2 heteroatoms. The third kappa shape index (κ3) is 2.94. The minimum absolute atomic E-state index is 0.251. The second kappa shape index (κ2) is 5.62. The van der Waals surface area contributed by atoms with Crippen LogP contribution in [0.5, 0.6) is 0 Å². The largest absolute Gasteiger partial charge is 0.299 e. The molecule has 1 aromatic carbocycles. The second-order valence-electron chi connectivity index (χ2n) is 4.56. The molecule has 1 aliphatic rings. The molecule has 1 unspecified atom stereocenters. The van der Waals surface area contributed by atoms with Gasteiger partial charge in [0.2, 0.25) is 0 Å². The molecule has 1 aliphatic carbocycles. The minimum atomic E-state index is 0.251. The molecule has 1 fully saturated rings. The molecule has 0 aliphatic heterocycles. The van der Waals surface area contributed by atoms with Gasteiger partial charge in [-0.05, 0) is 30.9 Å². The first-order valence-electron chi connectivity index (χ1n) is 6.03. The number of ketones is 1. The van der Waals surface area contributed by atoms with Crippen LogP contribution in [-0.2, 0) is 11.2 Å². The molecule has 1 aromatic rings. The molecule has 0 N–H and O–H groups in total. The Bertz CT molecular complexity index is 373. The summed E-state index contributed by atoms with van der Waals surface area (Å²) >= 11 is 3.55. The zero-order valence-electron chi connectivity index (χ0n) is 9.42. The fourth-order valence-electron chi connectivity index (χ4n) is 2.38. The standard InChI is InChI=1S/C14H17BrO/c15-13-8-5-4-6-11(13)10-12-7-2-1-3-9-14(12)16/h4-6,8,12H,1-3,7,9-10H2. The van der Waals surface area contributed by atoms with E-state index >= 15 is 0 Å². The zero-order valence-corrected chi connectivity index (χ0v) is 11.0. The average Bonchev–Trinajstić information content (AvgIpc) is 2.48.